The van der Waals surface area contributed by atoms with E-state index in [0.29, 0.717) is 23.5 Å². The van der Waals surface area contributed by atoms with Crippen molar-refractivity contribution in [2.75, 3.05) is 18.8 Å². The summed E-state index contributed by atoms with van der Waals surface area (Å²) in [5.74, 6) is 0.205. The van der Waals surface area contributed by atoms with Crippen LogP contribution in [-0.4, -0.2) is 34.7 Å². The summed E-state index contributed by atoms with van der Waals surface area (Å²) in [5, 5.41) is 0. The lowest BCUT2D eigenvalue weighted by atomic mass is 9.88. The van der Waals surface area contributed by atoms with Gasteiger partial charge < -0.3 is 10.6 Å². The van der Waals surface area contributed by atoms with Crippen LogP contribution in [0.25, 0.3) is 0 Å². The lowest BCUT2D eigenvalue weighted by molar-refractivity contribution is 0.0788. The Kier molecular flexibility index (Phi) is 8.62. The molecule has 1 saturated heterocycles. The number of carbonyl (C=O) groups excluding carboxylic acids is 1. The average molecular weight is 410 g/mol. The Bertz CT molecular complexity index is 633. The molecule has 6 heteroatoms. The van der Waals surface area contributed by atoms with Gasteiger partial charge in [0.15, 0.2) is 0 Å². The van der Waals surface area contributed by atoms with Crippen molar-refractivity contribution < 1.29 is 9.18 Å². The van der Waals surface area contributed by atoms with E-state index >= 15 is 0 Å². The smallest absolute Gasteiger partial charge is 0.256 e. The molecule has 0 radical (unpaired) electrons. The third-order valence-corrected chi connectivity index (χ3v) is 6.23. The van der Waals surface area contributed by atoms with E-state index in [0.717, 1.165) is 24.8 Å². The van der Waals surface area contributed by atoms with Gasteiger partial charge in [-0.3, -0.25) is 9.52 Å². The SMILES string of the molecule is CC1CCC(NSC(C)(C)C)CC1.Nc1ccc(F)c(C(=O)N2CCCC2)c1. The molecule has 158 valence electrons. The van der Waals surface area contributed by atoms with Crippen molar-refractivity contribution in [3.8, 4) is 0 Å². The number of nitrogen functional groups attached to an aromatic ring is 1. The number of hydrogen-bond donors (Lipinski definition) is 2. The van der Waals surface area contributed by atoms with Gasteiger partial charge >= 0.3 is 0 Å². The number of benzene rings is 1. The van der Waals surface area contributed by atoms with Crippen LogP contribution in [0, 0.1) is 11.7 Å². The number of likely N-dealkylation sites (tertiary alicyclic amines) is 1. The first-order valence-corrected chi connectivity index (χ1v) is 11.2. The summed E-state index contributed by atoms with van der Waals surface area (Å²) in [6, 6.07) is 4.85. The third kappa shape index (κ3) is 7.63. The van der Waals surface area contributed by atoms with E-state index in [4.69, 9.17) is 5.73 Å². The van der Waals surface area contributed by atoms with Gasteiger partial charge in [-0.25, -0.2) is 4.39 Å². The second kappa shape index (κ2) is 10.5. The van der Waals surface area contributed by atoms with Gasteiger partial charge in [-0.15, -0.1) is 0 Å². The summed E-state index contributed by atoms with van der Waals surface area (Å²) < 4.78 is 17.3. The minimum absolute atomic E-state index is 0.0805. The molecule has 1 amide bonds. The molecule has 0 aromatic heterocycles. The number of nitrogens with one attached hydrogen (secondary N) is 1. The first kappa shape index (κ1) is 23.0. The molecular weight excluding hydrogens is 373 g/mol. The highest BCUT2D eigenvalue weighted by atomic mass is 32.2. The molecule has 1 aliphatic heterocycles. The number of hydrogen-bond acceptors (Lipinski definition) is 4. The minimum Gasteiger partial charge on any atom is -0.399 e. The lowest BCUT2D eigenvalue weighted by Gasteiger charge is -2.29. The van der Waals surface area contributed by atoms with Gasteiger partial charge in [0.2, 0.25) is 0 Å². The van der Waals surface area contributed by atoms with E-state index in [1.54, 1.807) is 4.90 Å². The molecule has 0 spiro atoms. The van der Waals surface area contributed by atoms with Crippen LogP contribution in [0.2, 0.25) is 0 Å². The average Bonchev–Trinajstić information content (AvgIpc) is 3.17. The van der Waals surface area contributed by atoms with Crippen molar-refractivity contribution >= 4 is 23.5 Å². The molecule has 3 N–H and O–H groups in total. The maximum absolute atomic E-state index is 13.4. The van der Waals surface area contributed by atoms with Gasteiger partial charge in [0.1, 0.15) is 5.82 Å². The monoisotopic (exact) mass is 409 g/mol. The fourth-order valence-electron chi connectivity index (χ4n) is 3.44. The zero-order valence-electron chi connectivity index (χ0n) is 17.8. The molecular formula is C22H36FN3OS. The summed E-state index contributed by atoms with van der Waals surface area (Å²) in [5.41, 5.74) is 6.02. The van der Waals surface area contributed by atoms with Gasteiger partial charge in [0.05, 0.1) is 5.56 Å². The van der Waals surface area contributed by atoms with Gasteiger partial charge in [-0.05, 0) is 83.4 Å². The summed E-state index contributed by atoms with van der Waals surface area (Å²) in [6.07, 6.45) is 7.53. The van der Waals surface area contributed by atoms with Crippen molar-refractivity contribution in [1.29, 1.82) is 0 Å². The molecule has 0 bridgehead atoms. The first-order valence-electron chi connectivity index (χ1n) is 10.4. The van der Waals surface area contributed by atoms with Crippen LogP contribution in [0.4, 0.5) is 10.1 Å². The van der Waals surface area contributed by atoms with Crippen molar-refractivity contribution in [2.45, 2.75) is 77.0 Å². The van der Waals surface area contributed by atoms with E-state index in [1.807, 2.05) is 11.9 Å². The van der Waals surface area contributed by atoms with Crippen molar-refractivity contribution in [2.24, 2.45) is 5.92 Å². The number of nitrogens with zero attached hydrogens (tertiary/aromatic N) is 1. The summed E-state index contributed by atoms with van der Waals surface area (Å²) >= 11 is 1.89. The van der Waals surface area contributed by atoms with E-state index in [2.05, 4.69) is 32.4 Å². The first-order chi connectivity index (χ1) is 13.2. The fourth-order valence-corrected chi connectivity index (χ4v) is 4.19. The van der Waals surface area contributed by atoms with Gasteiger partial charge in [0.25, 0.3) is 5.91 Å². The molecule has 2 fully saturated rings. The van der Waals surface area contributed by atoms with Crippen LogP contribution < -0.4 is 10.5 Å². The van der Waals surface area contributed by atoms with Crippen LogP contribution >= 0.6 is 11.9 Å². The summed E-state index contributed by atoms with van der Waals surface area (Å²) in [7, 11) is 0. The second-order valence-electron chi connectivity index (χ2n) is 9.03. The Balaban J connectivity index is 0.000000203. The Morgan fingerprint density at radius 2 is 1.79 bits per heavy atom. The molecule has 1 aromatic carbocycles. The number of carbonyl (C=O) groups is 1. The van der Waals surface area contributed by atoms with Gasteiger partial charge in [-0.2, -0.15) is 0 Å². The number of anilines is 1. The van der Waals surface area contributed by atoms with Crippen LogP contribution in [0.3, 0.4) is 0 Å². The zero-order chi connectivity index (χ0) is 20.7. The molecule has 0 unspecified atom stereocenters. The highest BCUT2D eigenvalue weighted by Gasteiger charge is 2.22. The van der Waals surface area contributed by atoms with Gasteiger partial charge in [-0.1, -0.05) is 18.9 Å². The molecule has 1 aromatic rings. The Labute approximate surface area is 173 Å². The normalized spacial score (nSPS) is 22.5. The number of nitrogens with two attached hydrogens (primary N) is 1. The molecule has 4 nitrogen and oxygen atoms in total. The maximum atomic E-state index is 13.4. The highest BCUT2D eigenvalue weighted by Crippen LogP contribution is 2.27. The second-order valence-corrected chi connectivity index (χ2v) is 10.7. The number of amides is 1. The Morgan fingerprint density at radius 3 is 2.36 bits per heavy atom. The van der Waals surface area contributed by atoms with Crippen molar-refractivity contribution in [3.63, 3.8) is 0 Å². The topological polar surface area (TPSA) is 58.4 Å². The molecule has 2 aliphatic rings. The summed E-state index contributed by atoms with van der Waals surface area (Å²) in [6.45, 7) is 10.6. The predicted octanol–water partition coefficient (Wildman–Crippen LogP) is 5.25. The highest BCUT2D eigenvalue weighted by molar-refractivity contribution is 7.98. The maximum Gasteiger partial charge on any atom is 0.256 e. The molecule has 1 saturated carbocycles. The van der Waals surface area contributed by atoms with E-state index in [1.165, 1.54) is 43.9 Å². The van der Waals surface area contributed by atoms with Gasteiger partial charge in [0, 0.05) is 29.6 Å². The van der Waals surface area contributed by atoms with Crippen LogP contribution in [0.15, 0.2) is 18.2 Å². The van der Waals surface area contributed by atoms with E-state index in [-0.39, 0.29) is 11.5 Å². The van der Waals surface area contributed by atoms with Crippen LogP contribution in [0.5, 0.6) is 0 Å². The van der Waals surface area contributed by atoms with Crippen LogP contribution in [-0.2, 0) is 0 Å². The minimum atomic E-state index is -0.499. The standard InChI is InChI=1S/C11H13FN2O.C11H23NS/c12-10-4-3-8(13)7-9(10)11(15)14-5-1-2-6-14;1-9-5-7-10(8-6-9)12-13-11(2,3)4/h3-4,7H,1-2,5-6,13H2;9-10,12H,5-8H2,1-4H3. The van der Waals surface area contributed by atoms with Crippen LogP contribution in [0.1, 0.15) is 76.6 Å². The molecule has 3 rings (SSSR count). The van der Waals surface area contributed by atoms with Crippen molar-refractivity contribution in [3.05, 3.63) is 29.6 Å². The summed E-state index contributed by atoms with van der Waals surface area (Å²) in [4.78, 5) is 13.5. The largest absolute Gasteiger partial charge is 0.399 e. The number of rotatable bonds is 3. The third-order valence-electron chi connectivity index (χ3n) is 5.16. The molecule has 0 atom stereocenters. The quantitative estimate of drug-likeness (QED) is 0.529. The van der Waals surface area contributed by atoms with E-state index in [9.17, 15) is 9.18 Å². The predicted molar refractivity (Wildman–Crippen MR) is 118 cm³/mol. The van der Waals surface area contributed by atoms with E-state index < -0.39 is 5.82 Å². The Hall–Kier alpha value is -1.27. The lowest BCUT2D eigenvalue weighted by Crippen LogP contribution is -2.31. The Morgan fingerprint density at radius 1 is 1.18 bits per heavy atom. The molecule has 1 aliphatic carbocycles. The number of halogens is 1. The van der Waals surface area contributed by atoms with Crippen molar-refractivity contribution in [1.82, 2.24) is 9.62 Å². The fraction of sp³-hybridized carbons (Fsp3) is 0.682. The molecule has 1 heterocycles. The molecule has 28 heavy (non-hydrogen) atoms. The zero-order valence-corrected chi connectivity index (χ0v) is 18.6.